The second kappa shape index (κ2) is 3.74. The Hall–Kier alpha value is -1.64. The van der Waals surface area contributed by atoms with E-state index in [1.54, 1.807) is 0 Å². The molecule has 0 aliphatic rings. The molecule has 3 heteroatoms. The first kappa shape index (κ1) is 10.9. The maximum absolute atomic E-state index is 4.52. The quantitative estimate of drug-likeness (QED) is 0.732. The molecule has 0 atom stereocenters. The third-order valence-corrected chi connectivity index (χ3v) is 3.04. The van der Waals surface area contributed by atoms with E-state index in [0.29, 0.717) is 0 Å². The molecule has 0 fully saturated rings. The first-order chi connectivity index (χ1) is 7.50. The summed E-state index contributed by atoms with van der Waals surface area (Å²) in [7, 11) is 0. The minimum absolute atomic E-state index is 0.930. The van der Waals surface area contributed by atoms with E-state index in [2.05, 4.69) is 43.8 Å². The van der Waals surface area contributed by atoms with Gasteiger partial charge in [0, 0.05) is 11.9 Å². The average molecular weight is 215 g/mol. The van der Waals surface area contributed by atoms with Gasteiger partial charge in [0.05, 0.1) is 5.69 Å². The fraction of sp³-hybridized carbons (Fsp3) is 0.385. The summed E-state index contributed by atoms with van der Waals surface area (Å²) >= 11 is 0. The minimum Gasteiger partial charge on any atom is -0.237 e. The summed E-state index contributed by atoms with van der Waals surface area (Å²) in [5.41, 5.74) is 5.81. The molecule has 84 valence electrons. The van der Waals surface area contributed by atoms with Gasteiger partial charge in [0.15, 0.2) is 5.82 Å². The second-order valence-electron chi connectivity index (χ2n) is 4.36. The summed E-state index contributed by atoms with van der Waals surface area (Å²) in [6.07, 6.45) is 1.88. The van der Waals surface area contributed by atoms with Crippen LogP contribution in [-0.4, -0.2) is 14.8 Å². The smallest absolute Gasteiger partial charge is 0.156 e. The van der Waals surface area contributed by atoms with Crippen LogP contribution in [0.1, 0.15) is 28.1 Å². The van der Waals surface area contributed by atoms with Crippen molar-refractivity contribution in [1.82, 2.24) is 14.8 Å². The molecule has 2 aromatic heterocycles. The van der Waals surface area contributed by atoms with E-state index >= 15 is 0 Å². The summed E-state index contributed by atoms with van der Waals surface area (Å²) < 4.78 is 1.93. The molecule has 0 bridgehead atoms. The van der Waals surface area contributed by atoms with Crippen molar-refractivity contribution in [2.75, 3.05) is 0 Å². The summed E-state index contributed by atoms with van der Waals surface area (Å²) in [5, 5.41) is 4.52. The summed E-state index contributed by atoms with van der Waals surface area (Å²) in [4.78, 5) is 4.46. The zero-order valence-electron chi connectivity index (χ0n) is 10.5. The highest BCUT2D eigenvalue weighted by Crippen LogP contribution is 2.18. The monoisotopic (exact) mass is 215 g/mol. The van der Waals surface area contributed by atoms with Gasteiger partial charge in [0.1, 0.15) is 0 Å². The molecule has 2 heterocycles. The van der Waals surface area contributed by atoms with Gasteiger partial charge in [-0.15, -0.1) is 0 Å². The molecule has 0 amide bonds. The Kier molecular flexibility index (Phi) is 2.54. The van der Waals surface area contributed by atoms with Crippen LogP contribution < -0.4 is 0 Å². The molecule has 0 spiro atoms. The lowest BCUT2D eigenvalue weighted by Gasteiger charge is -2.07. The van der Waals surface area contributed by atoms with E-state index in [4.69, 9.17) is 0 Å². The van der Waals surface area contributed by atoms with Crippen molar-refractivity contribution >= 4 is 0 Å². The molecule has 3 nitrogen and oxygen atoms in total. The van der Waals surface area contributed by atoms with Crippen LogP contribution in [0.2, 0.25) is 0 Å². The Bertz CT molecular complexity index is 538. The van der Waals surface area contributed by atoms with Crippen molar-refractivity contribution < 1.29 is 0 Å². The number of pyridine rings is 1. The van der Waals surface area contributed by atoms with Gasteiger partial charge in [-0.2, -0.15) is 5.10 Å². The predicted octanol–water partition coefficient (Wildman–Crippen LogP) is 2.81. The molecular weight excluding hydrogens is 198 g/mol. The number of hydrogen-bond donors (Lipinski definition) is 0. The van der Waals surface area contributed by atoms with Crippen LogP contribution >= 0.6 is 0 Å². The van der Waals surface area contributed by atoms with Gasteiger partial charge in [-0.05, 0) is 51.3 Å². The Balaban J connectivity index is 2.63. The molecule has 0 N–H and O–H groups in total. The average Bonchev–Trinajstić information content (AvgIpc) is 2.46. The van der Waals surface area contributed by atoms with Crippen molar-refractivity contribution in [2.24, 2.45) is 0 Å². The molecule has 0 saturated carbocycles. The Morgan fingerprint density at radius 1 is 1.06 bits per heavy atom. The van der Waals surface area contributed by atoms with Crippen molar-refractivity contribution in [1.29, 1.82) is 0 Å². The number of aromatic nitrogens is 3. The van der Waals surface area contributed by atoms with Gasteiger partial charge in [0.2, 0.25) is 0 Å². The van der Waals surface area contributed by atoms with Crippen LogP contribution in [0.25, 0.3) is 5.82 Å². The summed E-state index contributed by atoms with van der Waals surface area (Å²) in [5.74, 6) is 0.930. The molecular formula is C13H17N3. The van der Waals surface area contributed by atoms with Crippen LogP contribution in [0.4, 0.5) is 0 Å². The number of aryl methyl sites for hydroxylation is 3. The number of nitrogens with zero attached hydrogens (tertiary/aromatic N) is 3. The highest BCUT2D eigenvalue weighted by Gasteiger charge is 2.11. The second-order valence-corrected chi connectivity index (χ2v) is 4.36. The fourth-order valence-corrected chi connectivity index (χ4v) is 1.86. The normalized spacial score (nSPS) is 10.8. The van der Waals surface area contributed by atoms with E-state index in [1.807, 2.05) is 17.8 Å². The zero-order chi connectivity index (χ0) is 11.9. The number of rotatable bonds is 1. The Morgan fingerprint density at radius 3 is 2.25 bits per heavy atom. The third-order valence-electron chi connectivity index (χ3n) is 3.04. The molecule has 0 aliphatic carbocycles. The van der Waals surface area contributed by atoms with Crippen LogP contribution in [0.3, 0.4) is 0 Å². The van der Waals surface area contributed by atoms with E-state index in [0.717, 1.165) is 22.8 Å². The van der Waals surface area contributed by atoms with Crippen LogP contribution in [0.15, 0.2) is 12.3 Å². The van der Waals surface area contributed by atoms with Gasteiger partial charge in [-0.1, -0.05) is 6.07 Å². The maximum Gasteiger partial charge on any atom is 0.156 e. The molecule has 0 aliphatic heterocycles. The van der Waals surface area contributed by atoms with Crippen molar-refractivity contribution in [3.8, 4) is 5.82 Å². The first-order valence-corrected chi connectivity index (χ1v) is 5.47. The maximum atomic E-state index is 4.52. The minimum atomic E-state index is 0.930. The van der Waals surface area contributed by atoms with Crippen LogP contribution in [0, 0.1) is 34.6 Å². The Labute approximate surface area is 96.1 Å². The lowest BCUT2D eigenvalue weighted by molar-refractivity contribution is 0.797. The zero-order valence-corrected chi connectivity index (χ0v) is 10.5. The molecule has 16 heavy (non-hydrogen) atoms. The largest absolute Gasteiger partial charge is 0.237 e. The van der Waals surface area contributed by atoms with Crippen molar-refractivity contribution in [3.05, 3.63) is 40.3 Å². The van der Waals surface area contributed by atoms with Gasteiger partial charge in [0.25, 0.3) is 0 Å². The van der Waals surface area contributed by atoms with E-state index < -0.39 is 0 Å². The lowest BCUT2D eigenvalue weighted by atomic mass is 10.2. The predicted molar refractivity (Wildman–Crippen MR) is 65.0 cm³/mol. The van der Waals surface area contributed by atoms with Crippen LogP contribution in [0.5, 0.6) is 0 Å². The van der Waals surface area contributed by atoms with Gasteiger partial charge in [-0.25, -0.2) is 9.67 Å². The van der Waals surface area contributed by atoms with Crippen LogP contribution in [-0.2, 0) is 0 Å². The topological polar surface area (TPSA) is 30.7 Å². The third kappa shape index (κ3) is 1.62. The first-order valence-electron chi connectivity index (χ1n) is 5.47. The van der Waals surface area contributed by atoms with E-state index in [1.165, 1.54) is 11.1 Å². The highest BCUT2D eigenvalue weighted by molar-refractivity contribution is 5.38. The highest BCUT2D eigenvalue weighted by atomic mass is 15.3. The van der Waals surface area contributed by atoms with Gasteiger partial charge < -0.3 is 0 Å². The summed E-state index contributed by atoms with van der Waals surface area (Å²) in [6, 6.07) is 2.13. The molecule has 0 radical (unpaired) electrons. The fourth-order valence-electron chi connectivity index (χ4n) is 1.86. The lowest BCUT2D eigenvalue weighted by Crippen LogP contribution is -2.04. The molecule has 0 aromatic carbocycles. The van der Waals surface area contributed by atoms with Gasteiger partial charge in [-0.3, -0.25) is 0 Å². The van der Waals surface area contributed by atoms with Crippen molar-refractivity contribution in [3.63, 3.8) is 0 Å². The molecule has 0 unspecified atom stereocenters. The summed E-state index contributed by atoms with van der Waals surface area (Å²) in [6.45, 7) is 10.3. The van der Waals surface area contributed by atoms with Gasteiger partial charge >= 0.3 is 0 Å². The Morgan fingerprint density at radius 2 is 1.75 bits per heavy atom. The molecule has 2 aromatic rings. The van der Waals surface area contributed by atoms with Crippen molar-refractivity contribution in [2.45, 2.75) is 34.6 Å². The number of hydrogen-bond acceptors (Lipinski definition) is 2. The van der Waals surface area contributed by atoms with E-state index in [9.17, 15) is 0 Å². The molecule has 2 rings (SSSR count). The van der Waals surface area contributed by atoms with E-state index in [-0.39, 0.29) is 0 Å². The molecule has 0 saturated heterocycles. The standard InChI is InChI=1S/C13H17N3/c1-8-6-9(2)13(14-7-8)16-12(5)10(3)11(4)15-16/h6-7H,1-5H3. The SMILES string of the molecule is Cc1cnc(-n2nc(C)c(C)c2C)c(C)c1.